The molecule has 0 N–H and O–H groups in total. The molecule has 1 aromatic heterocycles. The van der Waals surface area contributed by atoms with Gasteiger partial charge in [0.05, 0.1) is 5.56 Å². The summed E-state index contributed by atoms with van der Waals surface area (Å²) in [6.45, 7) is 6.53. The van der Waals surface area contributed by atoms with Crippen LogP contribution in [0.1, 0.15) is 66.8 Å². The van der Waals surface area contributed by atoms with Gasteiger partial charge in [-0.2, -0.15) is 0 Å². The van der Waals surface area contributed by atoms with Crippen molar-refractivity contribution in [3.63, 3.8) is 0 Å². The zero-order valence-corrected chi connectivity index (χ0v) is 24.3. The molecule has 42 heavy (non-hydrogen) atoms. The first-order chi connectivity index (χ1) is 20.7. The third-order valence-corrected chi connectivity index (χ3v) is 9.59. The fraction of sp³-hybridized carbons (Fsp3) is 0.441. The van der Waals surface area contributed by atoms with Crippen molar-refractivity contribution in [3.05, 3.63) is 83.9 Å². The number of piperazine rings is 1. The van der Waals surface area contributed by atoms with E-state index in [0.29, 0.717) is 22.6 Å². The number of fused-ring (bicyclic) bond motifs is 1. The van der Waals surface area contributed by atoms with E-state index in [4.69, 9.17) is 4.84 Å². The largest absolute Gasteiger partial charge is 0.371 e. The molecule has 218 valence electrons. The van der Waals surface area contributed by atoms with Gasteiger partial charge >= 0.3 is 5.97 Å². The molecule has 3 aromatic carbocycles. The second-order valence-electron chi connectivity index (χ2n) is 12.0. The molecule has 3 aliphatic rings. The molecule has 7 rings (SSSR count). The number of carbonyl (C=O) groups is 1. The monoisotopic (exact) mass is 564 g/mol. The molecular formula is C34H40N6O2. The van der Waals surface area contributed by atoms with Crippen LogP contribution in [0, 0.1) is 0 Å². The summed E-state index contributed by atoms with van der Waals surface area (Å²) in [5.41, 5.74) is 5.91. The van der Waals surface area contributed by atoms with Gasteiger partial charge in [0.2, 0.25) is 0 Å². The molecule has 0 bridgehead atoms. The lowest BCUT2D eigenvalue weighted by Gasteiger charge is -2.44. The Morgan fingerprint density at radius 1 is 0.690 bits per heavy atom. The van der Waals surface area contributed by atoms with Gasteiger partial charge < -0.3 is 14.6 Å². The van der Waals surface area contributed by atoms with Crippen molar-refractivity contribution in [1.29, 1.82) is 0 Å². The van der Waals surface area contributed by atoms with Gasteiger partial charge in [0.1, 0.15) is 11.0 Å². The van der Waals surface area contributed by atoms with Crippen LogP contribution < -0.4 is 14.6 Å². The van der Waals surface area contributed by atoms with Gasteiger partial charge in [0.15, 0.2) is 0 Å². The quantitative estimate of drug-likeness (QED) is 0.285. The maximum absolute atomic E-state index is 12.7. The molecule has 3 heterocycles. The van der Waals surface area contributed by atoms with Gasteiger partial charge in [0.25, 0.3) is 0 Å². The number of hydrogen-bond acceptors (Lipinski definition) is 7. The average Bonchev–Trinajstić information content (AvgIpc) is 3.48. The highest BCUT2D eigenvalue weighted by molar-refractivity contribution is 5.90. The van der Waals surface area contributed by atoms with E-state index in [1.54, 1.807) is 5.56 Å². The number of hydrogen-bond donors (Lipinski definition) is 0. The fourth-order valence-electron chi connectivity index (χ4n) is 7.08. The summed E-state index contributed by atoms with van der Waals surface area (Å²) in [6.07, 6.45) is 9.24. The van der Waals surface area contributed by atoms with Gasteiger partial charge in [-0.3, -0.25) is 4.90 Å². The van der Waals surface area contributed by atoms with E-state index in [1.165, 1.54) is 55.5 Å². The number of rotatable bonds is 6. The molecule has 2 saturated heterocycles. The number of benzene rings is 3. The minimum atomic E-state index is -0.449. The van der Waals surface area contributed by atoms with Crippen molar-refractivity contribution >= 4 is 28.4 Å². The summed E-state index contributed by atoms with van der Waals surface area (Å²) in [5.74, 6) is 0.326. The van der Waals surface area contributed by atoms with Gasteiger partial charge in [-0.25, -0.2) is 4.79 Å². The molecule has 0 spiro atoms. The Kier molecular flexibility index (Phi) is 7.79. The topological polar surface area (TPSA) is 66.7 Å². The molecule has 8 nitrogen and oxygen atoms in total. The van der Waals surface area contributed by atoms with Crippen molar-refractivity contribution in [2.45, 2.75) is 56.9 Å². The molecule has 0 amide bonds. The number of piperidine rings is 1. The van der Waals surface area contributed by atoms with E-state index in [0.717, 1.165) is 50.9 Å². The van der Waals surface area contributed by atoms with Crippen LogP contribution in [-0.2, 0) is 0 Å². The summed E-state index contributed by atoms with van der Waals surface area (Å²) in [5, 5.41) is 7.98. The number of anilines is 2. The molecule has 2 aliphatic heterocycles. The van der Waals surface area contributed by atoms with Crippen LogP contribution >= 0.6 is 0 Å². The summed E-state index contributed by atoms with van der Waals surface area (Å²) in [7, 11) is 0. The lowest BCUT2D eigenvalue weighted by Crippen LogP contribution is -2.53. The van der Waals surface area contributed by atoms with E-state index in [2.05, 4.69) is 49.3 Å². The van der Waals surface area contributed by atoms with Crippen LogP contribution in [0.4, 0.5) is 11.4 Å². The van der Waals surface area contributed by atoms with Crippen molar-refractivity contribution in [2.75, 3.05) is 49.1 Å². The maximum Gasteiger partial charge on any atom is 0.365 e. The van der Waals surface area contributed by atoms with Gasteiger partial charge in [0, 0.05) is 56.7 Å². The first-order valence-corrected chi connectivity index (χ1v) is 15.7. The zero-order valence-electron chi connectivity index (χ0n) is 24.3. The molecule has 0 atom stereocenters. The molecule has 0 radical (unpaired) electrons. The average molecular weight is 565 g/mol. The number of carbonyl (C=O) groups excluding carboxylic acids is 1. The Morgan fingerprint density at radius 3 is 2.05 bits per heavy atom. The van der Waals surface area contributed by atoms with Crippen molar-refractivity contribution in [1.82, 2.24) is 20.1 Å². The lowest BCUT2D eigenvalue weighted by atomic mass is 9.84. The van der Waals surface area contributed by atoms with Crippen LogP contribution in [0.5, 0.6) is 0 Å². The predicted molar refractivity (Wildman–Crippen MR) is 166 cm³/mol. The first-order valence-electron chi connectivity index (χ1n) is 15.7. The summed E-state index contributed by atoms with van der Waals surface area (Å²) < 4.78 is 0. The SMILES string of the molecule is O=C(On1nnc2ccccc21)c1ccc(N2CCC(N3CCN(c4ccc(C5CCCCC5)cc4)CC3)CC2)cc1. The van der Waals surface area contributed by atoms with Crippen LogP contribution in [0.3, 0.4) is 0 Å². The molecular weight excluding hydrogens is 524 g/mol. The Balaban J connectivity index is 0.881. The van der Waals surface area contributed by atoms with Crippen molar-refractivity contribution in [2.24, 2.45) is 0 Å². The molecule has 3 fully saturated rings. The highest BCUT2D eigenvalue weighted by atomic mass is 16.7. The summed E-state index contributed by atoms with van der Waals surface area (Å²) >= 11 is 0. The third kappa shape index (κ3) is 5.73. The predicted octanol–water partition coefficient (Wildman–Crippen LogP) is 5.54. The number of aromatic nitrogens is 3. The van der Waals surface area contributed by atoms with E-state index in [1.807, 2.05) is 48.5 Å². The number of nitrogens with zero attached hydrogens (tertiary/aromatic N) is 6. The molecule has 0 unspecified atom stereocenters. The highest BCUT2D eigenvalue weighted by Crippen LogP contribution is 2.33. The fourth-order valence-corrected chi connectivity index (χ4v) is 7.08. The van der Waals surface area contributed by atoms with Crippen molar-refractivity contribution < 1.29 is 9.63 Å². The van der Waals surface area contributed by atoms with E-state index in [-0.39, 0.29) is 0 Å². The van der Waals surface area contributed by atoms with E-state index in [9.17, 15) is 4.79 Å². The Morgan fingerprint density at radius 2 is 1.33 bits per heavy atom. The Labute approximate surface area is 247 Å². The molecule has 1 saturated carbocycles. The third-order valence-electron chi connectivity index (χ3n) is 9.59. The Bertz CT molecular complexity index is 1480. The molecule has 8 heteroatoms. The molecule has 1 aliphatic carbocycles. The maximum atomic E-state index is 12.7. The summed E-state index contributed by atoms with van der Waals surface area (Å²) in [6, 6.07) is 25.3. The van der Waals surface area contributed by atoms with Gasteiger partial charge in [-0.1, -0.05) is 48.4 Å². The first kappa shape index (κ1) is 27.0. The summed E-state index contributed by atoms with van der Waals surface area (Å²) in [4.78, 5) is 27.1. The highest BCUT2D eigenvalue weighted by Gasteiger charge is 2.28. The normalized spacial score (nSPS) is 19.3. The van der Waals surface area contributed by atoms with Crippen LogP contribution in [0.25, 0.3) is 11.0 Å². The van der Waals surface area contributed by atoms with Crippen LogP contribution in [0.2, 0.25) is 0 Å². The number of para-hydroxylation sites is 1. The van der Waals surface area contributed by atoms with Gasteiger partial charge in [-0.15, -0.1) is 5.10 Å². The van der Waals surface area contributed by atoms with E-state index < -0.39 is 5.97 Å². The Hall–Kier alpha value is -3.91. The standard InChI is InChI=1S/C34H40N6O2/c41-34(42-40-33-9-5-4-8-32(33)35-36-40)28-12-16-29(17-13-28)37-20-18-31(19-21-37)39-24-22-38(23-25-39)30-14-10-27(11-15-30)26-6-2-1-3-7-26/h4-5,8-17,26,31H,1-3,6-7,18-25H2. The minimum absolute atomic E-state index is 0.449. The molecule has 4 aromatic rings. The second kappa shape index (κ2) is 12.1. The minimum Gasteiger partial charge on any atom is -0.371 e. The van der Waals surface area contributed by atoms with Crippen LogP contribution in [-0.4, -0.2) is 71.3 Å². The van der Waals surface area contributed by atoms with E-state index >= 15 is 0 Å². The second-order valence-corrected chi connectivity index (χ2v) is 12.0. The van der Waals surface area contributed by atoms with Gasteiger partial charge in [-0.05, 0) is 90.9 Å². The lowest BCUT2D eigenvalue weighted by molar-refractivity contribution is 0.0409. The van der Waals surface area contributed by atoms with Crippen molar-refractivity contribution in [3.8, 4) is 0 Å². The zero-order chi connectivity index (χ0) is 28.3. The smallest absolute Gasteiger partial charge is 0.365 e. The van der Waals surface area contributed by atoms with Crippen LogP contribution in [0.15, 0.2) is 72.8 Å².